The third-order valence-electron chi connectivity index (χ3n) is 15.5. The number of imidazole rings is 1. The van der Waals surface area contributed by atoms with Gasteiger partial charge in [0, 0.05) is 78.7 Å². The fourth-order valence-electron chi connectivity index (χ4n) is 12.7. The molecule has 1 saturated carbocycles. The van der Waals surface area contributed by atoms with Crippen LogP contribution < -0.4 is 9.64 Å². The van der Waals surface area contributed by atoms with Gasteiger partial charge in [0.2, 0.25) is 0 Å². The molecule has 4 aromatic rings. The number of aliphatic hydroxyl groups is 8. The highest BCUT2D eigenvalue weighted by atomic mass is 16.8. The average molecular weight is 956 g/mol. The van der Waals surface area contributed by atoms with E-state index in [0.29, 0.717) is 53.6 Å². The molecule has 0 spiro atoms. The topological polar surface area (TPSA) is 327 Å². The van der Waals surface area contributed by atoms with Gasteiger partial charge in [-0.25, -0.2) is 9.78 Å². The van der Waals surface area contributed by atoms with Gasteiger partial charge >= 0.3 is 11.9 Å². The third-order valence-corrected chi connectivity index (χ3v) is 15.5. The number of nitrogens with zero attached hydrogens (tertiary/aromatic N) is 2. The van der Waals surface area contributed by atoms with Crippen LogP contribution in [0.25, 0.3) is 6.08 Å². The zero-order chi connectivity index (χ0) is 49.2. The molecule has 12 atom stereocenters. The van der Waals surface area contributed by atoms with Gasteiger partial charge in [-0.05, 0) is 109 Å². The number of H-pyrrole nitrogens is 1. The summed E-state index contributed by atoms with van der Waals surface area (Å²) in [6, 6.07) is 12.0. The summed E-state index contributed by atoms with van der Waals surface area (Å²) in [5, 5.41) is 133. The zero-order valence-corrected chi connectivity index (χ0v) is 37.4. The predicted molar refractivity (Wildman–Crippen MR) is 243 cm³/mol. The van der Waals surface area contributed by atoms with Gasteiger partial charge in [0.25, 0.3) is 5.91 Å². The number of aliphatic carboxylic acids is 1. The summed E-state index contributed by atoms with van der Waals surface area (Å²) < 4.78 is 11.1. The minimum absolute atomic E-state index is 0.0273. The second-order valence-electron chi connectivity index (χ2n) is 18.9. The third kappa shape index (κ3) is 7.58. The Morgan fingerprint density at radius 3 is 2.41 bits per heavy atom. The van der Waals surface area contributed by atoms with Crippen molar-refractivity contribution in [2.75, 3.05) is 31.3 Å². The molecule has 5 aliphatic rings. The van der Waals surface area contributed by atoms with E-state index in [1.54, 1.807) is 24.4 Å². The maximum absolute atomic E-state index is 15.3. The minimum atomic E-state index is -3.23. The molecule has 19 nitrogen and oxygen atoms in total. The van der Waals surface area contributed by atoms with E-state index in [-0.39, 0.29) is 61.1 Å². The van der Waals surface area contributed by atoms with Gasteiger partial charge < -0.3 is 75.7 Å². The van der Waals surface area contributed by atoms with E-state index in [0.717, 1.165) is 28.7 Å². The molecule has 0 unspecified atom stereocenters. The molecule has 1 saturated heterocycles. The summed E-state index contributed by atoms with van der Waals surface area (Å²) in [5.74, 6) is -11.1. The minimum Gasteiger partial charge on any atom is -0.508 e. The highest BCUT2D eigenvalue weighted by Gasteiger charge is 2.71. The molecule has 69 heavy (non-hydrogen) atoms. The van der Waals surface area contributed by atoms with Crippen LogP contribution in [0.15, 0.2) is 78.8 Å². The first-order chi connectivity index (χ1) is 33.1. The number of aliphatic hydroxyl groups excluding tert-OH is 7. The van der Waals surface area contributed by atoms with Crippen molar-refractivity contribution in [2.45, 2.75) is 92.2 Å². The van der Waals surface area contributed by atoms with Crippen LogP contribution >= 0.6 is 0 Å². The van der Waals surface area contributed by atoms with Gasteiger partial charge in [0.15, 0.2) is 23.1 Å². The highest BCUT2D eigenvalue weighted by Crippen LogP contribution is 2.71. The van der Waals surface area contributed by atoms with E-state index in [2.05, 4.69) is 9.97 Å². The molecule has 1 amide bonds. The molecule has 3 aromatic carbocycles. The summed E-state index contributed by atoms with van der Waals surface area (Å²) in [5.41, 5.74) is -0.361. The van der Waals surface area contributed by atoms with E-state index in [1.165, 1.54) is 30.6 Å². The number of carboxylic acid groups (broad SMARTS) is 1. The number of phenolic OH excluding ortho intramolecular Hbond substituents is 3. The average Bonchev–Trinajstić information content (AvgIpc) is 4.05. The number of carbonyl (C=O) groups is 2. The maximum Gasteiger partial charge on any atom is 0.355 e. The maximum atomic E-state index is 15.3. The number of benzene rings is 3. The molecule has 2 fully saturated rings. The van der Waals surface area contributed by atoms with Crippen LogP contribution in [0.3, 0.4) is 0 Å². The number of aromatic amines is 1. The zero-order valence-electron chi connectivity index (χ0n) is 37.4. The number of aromatic hydroxyl groups is 3. The van der Waals surface area contributed by atoms with Gasteiger partial charge in [-0.3, -0.25) is 9.69 Å². The van der Waals surface area contributed by atoms with Gasteiger partial charge in [-0.2, -0.15) is 0 Å². The highest BCUT2D eigenvalue weighted by molar-refractivity contribution is 6.13. The summed E-state index contributed by atoms with van der Waals surface area (Å²) in [7, 11) is 0. The van der Waals surface area contributed by atoms with Gasteiger partial charge in [0.05, 0.1) is 18.6 Å². The first-order valence-electron chi connectivity index (χ1n) is 23.1. The first-order valence-corrected chi connectivity index (χ1v) is 23.1. The molecule has 2 aliphatic heterocycles. The monoisotopic (exact) mass is 955 g/mol. The lowest BCUT2D eigenvalue weighted by molar-refractivity contribution is -0.422. The number of carbonyl (C=O) groups excluding carboxylic acids is 1. The summed E-state index contributed by atoms with van der Waals surface area (Å²) >= 11 is 0. The molecular weight excluding hydrogens is 899 g/mol. The molecule has 19 heteroatoms. The van der Waals surface area contributed by atoms with Gasteiger partial charge in [-0.1, -0.05) is 23.8 Å². The van der Waals surface area contributed by atoms with Crippen LogP contribution in [-0.4, -0.2) is 145 Å². The van der Waals surface area contributed by atoms with Crippen LogP contribution in [0.4, 0.5) is 5.69 Å². The van der Waals surface area contributed by atoms with Crippen molar-refractivity contribution in [3.8, 4) is 23.0 Å². The number of rotatable bonds is 14. The lowest BCUT2D eigenvalue weighted by atomic mass is 9.43. The Kier molecular flexibility index (Phi) is 12.9. The number of aryl methyl sites for hydroxylation is 1. The lowest BCUT2D eigenvalue weighted by Gasteiger charge is -2.60. The van der Waals surface area contributed by atoms with E-state index in [9.17, 15) is 66.1 Å². The van der Waals surface area contributed by atoms with E-state index in [4.69, 9.17) is 9.47 Å². The molecule has 368 valence electrons. The largest absolute Gasteiger partial charge is 0.508 e. The number of nitrogens with one attached hydrogen (secondary N) is 1. The van der Waals surface area contributed by atoms with Crippen molar-refractivity contribution in [2.24, 2.45) is 23.7 Å². The molecule has 13 N–H and O–H groups in total. The molecular formula is C50H57N3O16. The fraction of sp³-hybridized carbons (Fsp3) is 0.460. The normalized spacial score (nSPS) is 32.6. The molecule has 0 radical (unpaired) electrons. The fourth-order valence-corrected chi connectivity index (χ4v) is 12.7. The van der Waals surface area contributed by atoms with Crippen LogP contribution in [0.5, 0.6) is 23.0 Å². The van der Waals surface area contributed by atoms with Crippen molar-refractivity contribution in [1.29, 1.82) is 0 Å². The quantitative estimate of drug-likeness (QED) is 0.0483. The number of aromatic nitrogens is 2. The van der Waals surface area contributed by atoms with E-state index >= 15 is 4.79 Å². The SMILES string of the molecule is O=C(/C=C/c1ccc(O)c(Cc2cnc[nH]2)c1)N1c2cc(O[C@]3(O)O[C@H](CO)[C@@H](O)[C@H](O)[C@H]3O)c(O)cc2[C@H]2[C@H]([C@]34c5c(O)cccc5CC[C@H]3CC[C@@H](CO)[C@H]4CO)C(CCCO)=C[C@]21C(=O)O. The van der Waals surface area contributed by atoms with E-state index < -0.39 is 102 Å². The number of allylic oxidation sites excluding steroid dienone is 1. The predicted octanol–water partition coefficient (Wildman–Crippen LogP) is 1.42. The Bertz CT molecular complexity index is 2660. The van der Waals surface area contributed by atoms with Crippen molar-refractivity contribution in [3.63, 3.8) is 0 Å². The van der Waals surface area contributed by atoms with Crippen LogP contribution in [0, 0.1) is 23.7 Å². The van der Waals surface area contributed by atoms with Crippen LogP contribution in [-0.2, 0) is 32.6 Å². The smallest absolute Gasteiger partial charge is 0.355 e. The van der Waals surface area contributed by atoms with Gasteiger partial charge in [-0.15, -0.1) is 0 Å². The number of phenols is 3. The van der Waals surface area contributed by atoms with Crippen molar-refractivity contribution < 1.29 is 80.3 Å². The summed E-state index contributed by atoms with van der Waals surface area (Å²) in [6.07, 6.45) is 1.71. The Balaban J connectivity index is 1.27. The molecule has 0 bridgehead atoms. The van der Waals surface area contributed by atoms with Crippen molar-refractivity contribution in [3.05, 3.63) is 112 Å². The first kappa shape index (κ1) is 48.2. The number of hydrogen-bond donors (Lipinski definition) is 13. The molecule has 3 heterocycles. The summed E-state index contributed by atoms with van der Waals surface area (Å²) in [4.78, 5) is 38.0. The van der Waals surface area contributed by atoms with Gasteiger partial charge in [0.1, 0.15) is 29.8 Å². The Morgan fingerprint density at radius 1 is 0.913 bits per heavy atom. The molecule has 3 aliphatic carbocycles. The van der Waals surface area contributed by atoms with E-state index in [1.807, 2.05) is 6.07 Å². The second kappa shape index (κ2) is 18.5. The van der Waals surface area contributed by atoms with Crippen molar-refractivity contribution >= 4 is 23.6 Å². The Labute approximate surface area is 395 Å². The molecule has 9 rings (SSSR count). The number of fused-ring (bicyclic) bond motifs is 6. The van der Waals surface area contributed by atoms with Crippen molar-refractivity contribution in [1.82, 2.24) is 9.97 Å². The number of hydrogen-bond acceptors (Lipinski definition) is 16. The second-order valence-corrected chi connectivity index (χ2v) is 18.9. The number of amides is 1. The number of ether oxygens (including phenoxy) is 2. The standard InChI is InChI=1S/C50H57N3O16/c54-14-2-4-27-19-48(47(65)66)43(42(27)49-30(11-9-28(21-55)33(49)22-56)10-8-26-3-1-5-36(59)41(26)49)32-17-37(60)38(68-50(67)46(64)45(63)44(62)39(23-57)69-50)18-34(32)53(48)40(61)13-7-25-6-12-35(58)29(15-25)16-31-20-51-24-52-31/h1,3,5-7,12-13,15,17-20,24,28,30,33,39,42-46,54-60,62-64,67H,2,4,8-11,14,16,21-23H2,(H,51,52)(H,65,66)/b13-7+/t28-,30-,33+,39+,42+,43-,44+,45-,46+,48+,49+,50-/m0/s1. The van der Waals surface area contributed by atoms with Crippen LogP contribution in [0.1, 0.15) is 71.5 Å². The summed E-state index contributed by atoms with van der Waals surface area (Å²) in [6.45, 7) is -2.06. The van der Waals surface area contributed by atoms with Crippen LogP contribution in [0.2, 0.25) is 0 Å². The Hall–Kier alpha value is -5.87. The number of carboxylic acids is 1. The molecule has 1 aromatic heterocycles. The lowest BCUT2D eigenvalue weighted by Crippen LogP contribution is -2.67. The Morgan fingerprint density at radius 2 is 1.71 bits per heavy atom. The number of anilines is 1.